The van der Waals surface area contributed by atoms with E-state index < -0.39 is 11.9 Å². The Balaban J connectivity index is 2.84. The highest BCUT2D eigenvalue weighted by molar-refractivity contribution is 5.83. The van der Waals surface area contributed by atoms with Gasteiger partial charge in [0, 0.05) is 0 Å². The van der Waals surface area contributed by atoms with Crippen molar-refractivity contribution in [2.45, 2.75) is 19.9 Å². The van der Waals surface area contributed by atoms with Crippen LogP contribution in [0.4, 0.5) is 10.1 Å². The van der Waals surface area contributed by atoms with E-state index in [1.807, 2.05) is 13.8 Å². The minimum absolute atomic E-state index is 0.0158. The summed E-state index contributed by atoms with van der Waals surface area (Å²) in [5, 5.41) is 2.80. The van der Waals surface area contributed by atoms with Crippen LogP contribution in [0.1, 0.15) is 13.8 Å². The van der Waals surface area contributed by atoms with E-state index in [2.05, 4.69) is 5.32 Å². The molecule has 0 saturated carbocycles. The van der Waals surface area contributed by atoms with Crippen LogP contribution < -0.4 is 11.1 Å². The number of hydrogen-bond acceptors (Lipinski definition) is 2. The van der Waals surface area contributed by atoms with Gasteiger partial charge in [0.15, 0.2) is 0 Å². The number of halogens is 1. The summed E-state index contributed by atoms with van der Waals surface area (Å²) in [7, 11) is 0. The van der Waals surface area contributed by atoms with Crippen LogP contribution in [0.2, 0.25) is 0 Å². The van der Waals surface area contributed by atoms with Crippen LogP contribution in [0, 0.1) is 11.7 Å². The quantitative estimate of drug-likeness (QED) is 0.795. The molecule has 0 aliphatic heterocycles. The standard InChI is InChI=1S/C11H15FN2O/c1-7(2)10(11(13)15)14-9-6-4-3-5-8(9)12/h3-7,10,14H,1-2H3,(H2,13,15). The molecule has 3 nitrogen and oxygen atoms in total. The predicted molar refractivity (Wildman–Crippen MR) is 57.8 cm³/mol. The summed E-state index contributed by atoms with van der Waals surface area (Å²) < 4.78 is 13.3. The van der Waals surface area contributed by atoms with Gasteiger partial charge in [-0.05, 0) is 18.1 Å². The molecular formula is C11H15FN2O. The molecule has 0 fully saturated rings. The maximum absolute atomic E-state index is 13.3. The van der Waals surface area contributed by atoms with Gasteiger partial charge in [-0.3, -0.25) is 4.79 Å². The van der Waals surface area contributed by atoms with Gasteiger partial charge in [-0.25, -0.2) is 4.39 Å². The average Bonchev–Trinajstić information content (AvgIpc) is 2.15. The number of primary amides is 1. The van der Waals surface area contributed by atoms with Crippen molar-refractivity contribution < 1.29 is 9.18 Å². The molecule has 0 heterocycles. The lowest BCUT2D eigenvalue weighted by atomic mass is 10.0. The fourth-order valence-electron chi connectivity index (χ4n) is 1.31. The first kappa shape index (κ1) is 11.5. The molecule has 15 heavy (non-hydrogen) atoms. The molecule has 1 atom stereocenters. The highest BCUT2D eigenvalue weighted by Gasteiger charge is 2.19. The largest absolute Gasteiger partial charge is 0.371 e. The van der Waals surface area contributed by atoms with E-state index in [0.29, 0.717) is 5.69 Å². The van der Waals surface area contributed by atoms with Crippen molar-refractivity contribution in [3.63, 3.8) is 0 Å². The number of hydrogen-bond donors (Lipinski definition) is 2. The zero-order chi connectivity index (χ0) is 11.4. The number of rotatable bonds is 4. The maximum atomic E-state index is 13.3. The van der Waals surface area contributed by atoms with E-state index in [4.69, 9.17) is 5.73 Å². The van der Waals surface area contributed by atoms with Crippen molar-refractivity contribution in [1.82, 2.24) is 0 Å². The van der Waals surface area contributed by atoms with Crippen LogP contribution in [0.25, 0.3) is 0 Å². The van der Waals surface area contributed by atoms with E-state index in [1.165, 1.54) is 6.07 Å². The Kier molecular flexibility index (Phi) is 3.66. The second-order valence-corrected chi connectivity index (χ2v) is 3.75. The zero-order valence-corrected chi connectivity index (χ0v) is 8.83. The lowest BCUT2D eigenvalue weighted by molar-refractivity contribution is -0.119. The highest BCUT2D eigenvalue weighted by Crippen LogP contribution is 2.16. The molecule has 0 aliphatic rings. The molecule has 0 aromatic heterocycles. The molecule has 0 aliphatic carbocycles. The van der Waals surface area contributed by atoms with Crippen LogP contribution in [0.15, 0.2) is 24.3 Å². The summed E-state index contributed by atoms with van der Waals surface area (Å²) in [4.78, 5) is 11.1. The van der Waals surface area contributed by atoms with Crippen LogP contribution in [-0.4, -0.2) is 11.9 Å². The maximum Gasteiger partial charge on any atom is 0.240 e. The molecule has 0 bridgehead atoms. The molecular weight excluding hydrogens is 195 g/mol. The lowest BCUT2D eigenvalue weighted by Crippen LogP contribution is -2.39. The minimum Gasteiger partial charge on any atom is -0.371 e. The topological polar surface area (TPSA) is 55.1 Å². The zero-order valence-electron chi connectivity index (χ0n) is 8.83. The van der Waals surface area contributed by atoms with Crippen molar-refractivity contribution in [3.8, 4) is 0 Å². The third kappa shape index (κ3) is 2.94. The molecule has 1 unspecified atom stereocenters. The second-order valence-electron chi connectivity index (χ2n) is 3.75. The van der Waals surface area contributed by atoms with Crippen molar-refractivity contribution in [1.29, 1.82) is 0 Å². The monoisotopic (exact) mass is 210 g/mol. The lowest BCUT2D eigenvalue weighted by Gasteiger charge is -2.20. The third-order valence-corrected chi connectivity index (χ3v) is 2.16. The van der Waals surface area contributed by atoms with Crippen LogP contribution in [0.3, 0.4) is 0 Å². The van der Waals surface area contributed by atoms with Gasteiger partial charge in [0.05, 0.1) is 5.69 Å². The first-order chi connectivity index (χ1) is 7.02. The Labute approximate surface area is 88.5 Å². The predicted octanol–water partition coefficient (Wildman–Crippen LogP) is 1.75. The second kappa shape index (κ2) is 4.77. The van der Waals surface area contributed by atoms with Gasteiger partial charge in [0.2, 0.25) is 5.91 Å². The Morgan fingerprint density at radius 2 is 2.00 bits per heavy atom. The normalized spacial score (nSPS) is 12.5. The molecule has 1 aromatic carbocycles. The molecule has 1 aromatic rings. The van der Waals surface area contributed by atoms with Gasteiger partial charge in [-0.1, -0.05) is 26.0 Å². The first-order valence-electron chi connectivity index (χ1n) is 4.82. The number of anilines is 1. The number of carbonyl (C=O) groups excluding carboxylic acids is 1. The molecule has 0 radical (unpaired) electrons. The fourth-order valence-corrected chi connectivity index (χ4v) is 1.31. The number of nitrogens with two attached hydrogens (primary N) is 1. The van der Waals surface area contributed by atoms with E-state index in [9.17, 15) is 9.18 Å². The minimum atomic E-state index is -0.554. The van der Waals surface area contributed by atoms with E-state index in [-0.39, 0.29) is 11.7 Å². The van der Waals surface area contributed by atoms with Crippen LogP contribution in [0.5, 0.6) is 0 Å². The van der Waals surface area contributed by atoms with Gasteiger partial charge in [-0.2, -0.15) is 0 Å². The summed E-state index contributed by atoms with van der Waals surface area (Å²) in [5.74, 6) is -0.847. The fraction of sp³-hybridized carbons (Fsp3) is 0.364. The van der Waals surface area contributed by atoms with Gasteiger partial charge >= 0.3 is 0 Å². The molecule has 4 heteroatoms. The summed E-state index contributed by atoms with van der Waals surface area (Å²) in [6.07, 6.45) is 0. The van der Waals surface area contributed by atoms with Crippen molar-refractivity contribution in [3.05, 3.63) is 30.1 Å². The van der Waals surface area contributed by atoms with Crippen LogP contribution in [-0.2, 0) is 4.79 Å². The molecule has 1 amide bonds. The van der Waals surface area contributed by atoms with Gasteiger partial charge in [0.1, 0.15) is 11.9 Å². The molecule has 3 N–H and O–H groups in total. The Morgan fingerprint density at radius 1 is 1.40 bits per heavy atom. The number of para-hydroxylation sites is 1. The first-order valence-corrected chi connectivity index (χ1v) is 4.82. The van der Waals surface area contributed by atoms with Crippen molar-refractivity contribution >= 4 is 11.6 Å². The van der Waals surface area contributed by atoms with Gasteiger partial charge in [-0.15, -0.1) is 0 Å². The Morgan fingerprint density at radius 3 is 2.47 bits per heavy atom. The van der Waals surface area contributed by atoms with Crippen molar-refractivity contribution in [2.24, 2.45) is 11.7 Å². The molecule has 0 saturated heterocycles. The number of amides is 1. The van der Waals surface area contributed by atoms with E-state index >= 15 is 0 Å². The summed E-state index contributed by atoms with van der Waals surface area (Å²) in [5.41, 5.74) is 5.51. The number of nitrogens with one attached hydrogen (secondary N) is 1. The number of benzene rings is 1. The summed E-state index contributed by atoms with van der Waals surface area (Å²) >= 11 is 0. The highest BCUT2D eigenvalue weighted by atomic mass is 19.1. The SMILES string of the molecule is CC(C)C(Nc1ccccc1F)C(N)=O. The van der Waals surface area contributed by atoms with Crippen molar-refractivity contribution in [2.75, 3.05) is 5.32 Å². The molecule has 0 spiro atoms. The van der Waals surface area contributed by atoms with Crippen LogP contribution >= 0.6 is 0 Å². The number of carbonyl (C=O) groups is 1. The van der Waals surface area contributed by atoms with E-state index in [1.54, 1.807) is 18.2 Å². The average molecular weight is 210 g/mol. The van der Waals surface area contributed by atoms with Gasteiger partial charge < -0.3 is 11.1 Å². The van der Waals surface area contributed by atoms with Gasteiger partial charge in [0.25, 0.3) is 0 Å². The Hall–Kier alpha value is -1.58. The van der Waals surface area contributed by atoms with E-state index in [0.717, 1.165) is 0 Å². The summed E-state index contributed by atoms with van der Waals surface area (Å²) in [6.45, 7) is 3.70. The smallest absolute Gasteiger partial charge is 0.240 e. The molecule has 1 rings (SSSR count). The Bertz CT molecular complexity index is 352. The summed E-state index contributed by atoms with van der Waals surface area (Å²) in [6, 6.07) is 5.65. The third-order valence-electron chi connectivity index (χ3n) is 2.16. The molecule has 82 valence electrons.